The van der Waals surface area contributed by atoms with Gasteiger partial charge in [0.05, 0.1) is 13.2 Å². The molecule has 0 aromatic rings. The van der Waals surface area contributed by atoms with Gasteiger partial charge in [0, 0.05) is 0 Å². The first-order valence-corrected chi connectivity index (χ1v) is 8.72. The Morgan fingerprint density at radius 2 is 1.38 bits per heavy atom. The number of amides is 1. The summed E-state index contributed by atoms with van der Waals surface area (Å²) in [7, 11) is 0. The lowest BCUT2D eigenvalue weighted by atomic mass is 10.1. The van der Waals surface area contributed by atoms with Gasteiger partial charge < -0.3 is 9.47 Å². The zero-order valence-electron chi connectivity index (χ0n) is 13.6. The van der Waals surface area contributed by atoms with Crippen molar-refractivity contribution in [2.45, 2.75) is 78.1 Å². The highest BCUT2D eigenvalue weighted by Gasteiger charge is 2.04. The third kappa shape index (κ3) is 15.4. The summed E-state index contributed by atoms with van der Waals surface area (Å²) in [6.07, 6.45) is 12.3. The van der Waals surface area contributed by atoms with Crippen molar-refractivity contribution in [2.24, 2.45) is 0 Å². The summed E-state index contributed by atoms with van der Waals surface area (Å²) >= 11 is 4.88. The summed E-state index contributed by atoms with van der Waals surface area (Å²) in [5.41, 5.74) is 0. The highest BCUT2D eigenvalue weighted by atomic mass is 32.1. The Labute approximate surface area is 135 Å². The van der Waals surface area contributed by atoms with Gasteiger partial charge in [-0.3, -0.25) is 5.32 Å². The summed E-state index contributed by atoms with van der Waals surface area (Å²) in [5, 5.41) is 2.47. The maximum atomic E-state index is 11.1. The molecule has 0 aliphatic rings. The van der Waals surface area contributed by atoms with E-state index in [1.165, 1.54) is 51.4 Å². The zero-order valence-corrected chi connectivity index (χ0v) is 14.4. The van der Waals surface area contributed by atoms with Gasteiger partial charge >= 0.3 is 6.09 Å². The van der Waals surface area contributed by atoms with Crippen LogP contribution < -0.4 is 5.32 Å². The first-order valence-electron chi connectivity index (χ1n) is 8.31. The van der Waals surface area contributed by atoms with Gasteiger partial charge in [-0.2, -0.15) is 0 Å². The van der Waals surface area contributed by atoms with Gasteiger partial charge in [0.1, 0.15) is 0 Å². The Balaban J connectivity index is 3.21. The molecule has 0 aromatic carbocycles. The number of alkyl carbamates (subject to hydrolysis) is 1. The lowest BCUT2D eigenvalue weighted by molar-refractivity contribution is 0.154. The second kappa shape index (κ2) is 15.5. The molecule has 0 rings (SSSR count). The van der Waals surface area contributed by atoms with Crippen molar-refractivity contribution >= 4 is 23.5 Å². The SMILES string of the molecule is CCCCCCCCCCCCOC(=S)NC(=O)OCC. The van der Waals surface area contributed by atoms with Crippen LogP contribution in [0.4, 0.5) is 4.79 Å². The summed E-state index contributed by atoms with van der Waals surface area (Å²) in [4.78, 5) is 11.1. The highest BCUT2D eigenvalue weighted by Crippen LogP contribution is 2.10. The molecule has 0 aliphatic carbocycles. The van der Waals surface area contributed by atoms with Gasteiger partial charge in [-0.1, -0.05) is 64.7 Å². The van der Waals surface area contributed by atoms with Crippen LogP contribution in [-0.4, -0.2) is 24.5 Å². The highest BCUT2D eigenvalue weighted by molar-refractivity contribution is 7.80. The summed E-state index contributed by atoms with van der Waals surface area (Å²) in [5.74, 6) is 0. The van der Waals surface area contributed by atoms with E-state index in [1.807, 2.05) is 0 Å². The molecule has 0 saturated carbocycles. The van der Waals surface area contributed by atoms with Crippen LogP contribution in [0.25, 0.3) is 0 Å². The molecule has 1 amide bonds. The lowest BCUT2D eigenvalue weighted by Crippen LogP contribution is -2.31. The molecule has 0 bridgehead atoms. The van der Waals surface area contributed by atoms with Gasteiger partial charge in [0.25, 0.3) is 5.17 Å². The van der Waals surface area contributed by atoms with Crippen LogP contribution in [0, 0.1) is 0 Å². The number of unbranched alkanes of at least 4 members (excludes halogenated alkanes) is 9. The molecule has 0 atom stereocenters. The third-order valence-corrected chi connectivity index (χ3v) is 3.43. The van der Waals surface area contributed by atoms with E-state index in [2.05, 4.69) is 12.2 Å². The second-order valence-electron chi connectivity index (χ2n) is 5.16. The van der Waals surface area contributed by atoms with E-state index in [4.69, 9.17) is 21.7 Å². The van der Waals surface area contributed by atoms with Gasteiger partial charge in [-0.05, 0) is 25.6 Å². The molecule has 0 heterocycles. The molecule has 21 heavy (non-hydrogen) atoms. The number of thiocarbonyl (C=S) groups is 1. The normalized spacial score (nSPS) is 10.2. The number of carbonyl (C=O) groups is 1. The van der Waals surface area contributed by atoms with Crippen molar-refractivity contribution in [3.63, 3.8) is 0 Å². The van der Waals surface area contributed by atoms with E-state index in [1.54, 1.807) is 6.92 Å². The van der Waals surface area contributed by atoms with E-state index in [-0.39, 0.29) is 5.17 Å². The molecular weight excluding hydrogens is 286 g/mol. The molecule has 0 fully saturated rings. The van der Waals surface area contributed by atoms with Crippen molar-refractivity contribution in [1.82, 2.24) is 5.32 Å². The fourth-order valence-corrected chi connectivity index (χ4v) is 2.21. The average Bonchev–Trinajstić information content (AvgIpc) is 2.45. The standard InChI is InChI=1S/C16H31NO3S/c1-3-5-6-7-8-9-10-11-12-13-14-20-16(21)17-15(18)19-4-2/h3-14H2,1-2H3,(H,17,18,21). The van der Waals surface area contributed by atoms with Gasteiger partial charge in [0.2, 0.25) is 0 Å². The molecular formula is C16H31NO3S. The van der Waals surface area contributed by atoms with Gasteiger partial charge in [-0.25, -0.2) is 4.79 Å². The van der Waals surface area contributed by atoms with Crippen molar-refractivity contribution in [1.29, 1.82) is 0 Å². The van der Waals surface area contributed by atoms with E-state index in [0.29, 0.717) is 13.2 Å². The average molecular weight is 317 g/mol. The minimum absolute atomic E-state index is 0.101. The lowest BCUT2D eigenvalue weighted by Gasteiger charge is -2.08. The molecule has 0 aliphatic heterocycles. The quantitative estimate of drug-likeness (QED) is 0.408. The monoisotopic (exact) mass is 317 g/mol. The number of carbonyl (C=O) groups excluding carboxylic acids is 1. The maximum absolute atomic E-state index is 11.1. The van der Waals surface area contributed by atoms with Crippen LogP contribution in [0.2, 0.25) is 0 Å². The van der Waals surface area contributed by atoms with E-state index in [9.17, 15) is 4.79 Å². The molecule has 0 saturated heterocycles. The molecule has 0 aromatic heterocycles. The molecule has 4 nitrogen and oxygen atoms in total. The first kappa shape index (κ1) is 20.2. The van der Waals surface area contributed by atoms with Gasteiger partial charge in [-0.15, -0.1) is 0 Å². The first-order chi connectivity index (χ1) is 10.2. The largest absolute Gasteiger partial charge is 0.471 e. The number of rotatable bonds is 12. The summed E-state index contributed by atoms with van der Waals surface area (Å²) < 4.78 is 9.95. The maximum Gasteiger partial charge on any atom is 0.414 e. The van der Waals surface area contributed by atoms with Crippen LogP contribution >= 0.6 is 12.2 Å². The van der Waals surface area contributed by atoms with Crippen LogP contribution in [0.15, 0.2) is 0 Å². The van der Waals surface area contributed by atoms with E-state index >= 15 is 0 Å². The number of nitrogens with one attached hydrogen (secondary N) is 1. The molecule has 1 N–H and O–H groups in total. The van der Waals surface area contributed by atoms with Crippen molar-refractivity contribution in [3.8, 4) is 0 Å². The Morgan fingerprint density at radius 1 is 0.857 bits per heavy atom. The van der Waals surface area contributed by atoms with E-state index < -0.39 is 6.09 Å². The van der Waals surface area contributed by atoms with E-state index in [0.717, 1.165) is 12.8 Å². The Morgan fingerprint density at radius 3 is 1.90 bits per heavy atom. The van der Waals surface area contributed by atoms with Crippen LogP contribution in [0.1, 0.15) is 78.1 Å². The zero-order chi connectivity index (χ0) is 15.8. The van der Waals surface area contributed by atoms with Crippen LogP contribution in [-0.2, 0) is 9.47 Å². The minimum atomic E-state index is -0.550. The smallest absolute Gasteiger partial charge is 0.414 e. The predicted molar refractivity (Wildman–Crippen MR) is 90.6 cm³/mol. The Hall–Kier alpha value is -0.840. The topological polar surface area (TPSA) is 47.6 Å². The van der Waals surface area contributed by atoms with Crippen molar-refractivity contribution in [3.05, 3.63) is 0 Å². The second-order valence-corrected chi connectivity index (χ2v) is 5.53. The summed E-state index contributed by atoms with van der Waals surface area (Å²) in [6.45, 7) is 4.87. The molecule has 0 unspecified atom stereocenters. The number of ether oxygens (including phenoxy) is 2. The summed E-state index contributed by atoms with van der Waals surface area (Å²) in [6, 6.07) is 0. The molecule has 5 heteroatoms. The van der Waals surface area contributed by atoms with Crippen LogP contribution in [0.3, 0.4) is 0 Å². The molecule has 0 radical (unpaired) electrons. The van der Waals surface area contributed by atoms with Gasteiger partial charge in [0.15, 0.2) is 0 Å². The van der Waals surface area contributed by atoms with Crippen molar-refractivity contribution in [2.75, 3.05) is 13.2 Å². The Kier molecular flexibility index (Phi) is 14.9. The number of hydrogen-bond donors (Lipinski definition) is 1. The molecule has 124 valence electrons. The van der Waals surface area contributed by atoms with Crippen LogP contribution in [0.5, 0.6) is 0 Å². The predicted octanol–water partition coefficient (Wildman–Crippen LogP) is 4.95. The molecule has 0 spiro atoms. The fraction of sp³-hybridized carbons (Fsp3) is 0.875. The van der Waals surface area contributed by atoms with Crippen molar-refractivity contribution < 1.29 is 14.3 Å². The fourth-order valence-electron chi connectivity index (χ4n) is 2.04. The minimum Gasteiger partial charge on any atom is -0.471 e. The third-order valence-electron chi connectivity index (χ3n) is 3.21. The Bertz CT molecular complexity index is 272. The number of hydrogen-bond acceptors (Lipinski definition) is 4.